The number of para-hydroxylation sites is 1. The normalized spacial score (nSPS) is 11.1. The summed E-state index contributed by atoms with van der Waals surface area (Å²) in [5, 5.41) is 12.1. The molecule has 126 valence electrons. The molecule has 3 aromatic carbocycles. The minimum Gasteiger partial charge on any atom is -0.451 e. The van der Waals surface area contributed by atoms with E-state index in [9.17, 15) is 4.79 Å². The van der Waals surface area contributed by atoms with E-state index in [1.807, 2.05) is 54.6 Å². The van der Waals surface area contributed by atoms with Crippen molar-refractivity contribution in [2.75, 3.05) is 5.32 Å². The Hall–Kier alpha value is -3.73. The van der Waals surface area contributed by atoms with Crippen molar-refractivity contribution in [2.24, 2.45) is 10.2 Å². The SMILES string of the molecule is O=C(Nc1ccc(N=Nc2ccccc2)cc1)c1cc2ccccc2o1. The van der Waals surface area contributed by atoms with Gasteiger partial charge in [-0.2, -0.15) is 10.2 Å². The van der Waals surface area contributed by atoms with E-state index >= 15 is 0 Å². The number of azo groups is 1. The predicted molar refractivity (Wildman–Crippen MR) is 101 cm³/mol. The van der Waals surface area contributed by atoms with Crippen molar-refractivity contribution in [2.45, 2.75) is 0 Å². The van der Waals surface area contributed by atoms with Crippen LogP contribution in [0.4, 0.5) is 17.1 Å². The topological polar surface area (TPSA) is 67.0 Å². The minimum absolute atomic E-state index is 0.277. The van der Waals surface area contributed by atoms with E-state index < -0.39 is 0 Å². The lowest BCUT2D eigenvalue weighted by Gasteiger charge is -2.03. The molecule has 0 bridgehead atoms. The first-order chi connectivity index (χ1) is 12.8. The van der Waals surface area contributed by atoms with Crippen molar-refractivity contribution < 1.29 is 9.21 Å². The van der Waals surface area contributed by atoms with Crippen molar-refractivity contribution in [1.29, 1.82) is 0 Å². The Morgan fingerprint density at radius 1 is 0.769 bits per heavy atom. The summed E-state index contributed by atoms with van der Waals surface area (Å²) in [6.07, 6.45) is 0. The molecule has 1 aromatic heterocycles. The van der Waals surface area contributed by atoms with Crippen LogP contribution in [0.25, 0.3) is 11.0 Å². The summed E-state index contributed by atoms with van der Waals surface area (Å²) in [4.78, 5) is 12.3. The second-order valence-electron chi connectivity index (χ2n) is 5.69. The maximum absolute atomic E-state index is 12.3. The smallest absolute Gasteiger partial charge is 0.291 e. The van der Waals surface area contributed by atoms with Gasteiger partial charge in [0.1, 0.15) is 5.58 Å². The van der Waals surface area contributed by atoms with Crippen LogP contribution in [0.3, 0.4) is 0 Å². The maximum Gasteiger partial charge on any atom is 0.291 e. The molecule has 0 aliphatic heterocycles. The third-order valence-corrected chi connectivity index (χ3v) is 3.81. The Morgan fingerprint density at radius 3 is 2.15 bits per heavy atom. The quantitative estimate of drug-likeness (QED) is 0.456. The molecule has 1 heterocycles. The lowest BCUT2D eigenvalue weighted by atomic mass is 10.2. The zero-order valence-electron chi connectivity index (χ0n) is 13.8. The number of carbonyl (C=O) groups excluding carboxylic acids is 1. The van der Waals surface area contributed by atoms with Crippen LogP contribution < -0.4 is 5.32 Å². The lowest BCUT2D eigenvalue weighted by Crippen LogP contribution is -2.10. The van der Waals surface area contributed by atoms with E-state index in [0.717, 1.165) is 11.1 Å². The average molecular weight is 341 g/mol. The predicted octanol–water partition coefficient (Wildman–Crippen LogP) is 6.10. The molecule has 0 unspecified atom stereocenters. The molecule has 5 heteroatoms. The number of nitrogens with one attached hydrogen (secondary N) is 1. The second-order valence-corrected chi connectivity index (χ2v) is 5.69. The number of rotatable bonds is 4. The van der Waals surface area contributed by atoms with Gasteiger partial charge >= 0.3 is 0 Å². The molecule has 5 nitrogen and oxygen atoms in total. The van der Waals surface area contributed by atoms with Gasteiger partial charge in [-0.3, -0.25) is 4.79 Å². The number of amides is 1. The summed E-state index contributed by atoms with van der Waals surface area (Å²) < 4.78 is 5.57. The number of carbonyl (C=O) groups is 1. The van der Waals surface area contributed by atoms with Crippen molar-refractivity contribution in [1.82, 2.24) is 0 Å². The van der Waals surface area contributed by atoms with E-state index in [1.54, 1.807) is 30.3 Å². The Labute approximate surface area is 150 Å². The van der Waals surface area contributed by atoms with Crippen LogP contribution in [0.2, 0.25) is 0 Å². The van der Waals surface area contributed by atoms with E-state index in [-0.39, 0.29) is 11.7 Å². The fourth-order valence-electron chi connectivity index (χ4n) is 2.51. The summed E-state index contributed by atoms with van der Waals surface area (Å²) in [7, 11) is 0. The zero-order chi connectivity index (χ0) is 17.8. The van der Waals surface area contributed by atoms with Crippen molar-refractivity contribution in [3.05, 3.63) is 90.7 Å². The summed E-state index contributed by atoms with van der Waals surface area (Å²) >= 11 is 0. The van der Waals surface area contributed by atoms with Gasteiger partial charge < -0.3 is 9.73 Å². The number of anilines is 1. The molecule has 0 fully saturated rings. The fourth-order valence-corrected chi connectivity index (χ4v) is 2.51. The standard InChI is InChI=1S/C21H15N3O2/c25-21(20-14-15-6-4-5-9-19(15)26-20)22-16-10-12-18(13-11-16)24-23-17-7-2-1-3-8-17/h1-14H,(H,22,25). The minimum atomic E-state index is -0.292. The number of benzene rings is 3. The number of hydrogen-bond donors (Lipinski definition) is 1. The molecule has 26 heavy (non-hydrogen) atoms. The summed E-state index contributed by atoms with van der Waals surface area (Å²) in [5.41, 5.74) is 2.84. The van der Waals surface area contributed by atoms with Gasteiger partial charge in [-0.15, -0.1) is 0 Å². The lowest BCUT2D eigenvalue weighted by molar-refractivity contribution is 0.0998. The molecule has 0 radical (unpaired) electrons. The monoisotopic (exact) mass is 341 g/mol. The van der Waals surface area contributed by atoms with Gasteiger partial charge in [0.15, 0.2) is 5.76 Å². The van der Waals surface area contributed by atoms with E-state index in [2.05, 4.69) is 15.5 Å². The first kappa shape index (κ1) is 15.8. The highest BCUT2D eigenvalue weighted by atomic mass is 16.3. The molecule has 0 spiro atoms. The van der Waals surface area contributed by atoms with Gasteiger partial charge in [0.05, 0.1) is 11.4 Å². The highest BCUT2D eigenvalue weighted by Gasteiger charge is 2.12. The zero-order valence-corrected chi connectivity index (χ0v) is 13.8. The molecular weight excluding hydrogens is 326 g/mol. The summed E-state index contributed by atoms with van der Waals surface area (Å²) in [5.74, 6) is -0.0149. The largest absolute Gasteiger partial charge is 0.451 e. The van der Waals surface area contributed by atoms with Crippen LogP contribution in [0, 0.1) is 0 Å². The fraction of sp³-hybridized carbons (Fsp3) is 0. The second kappa shape index (κ2) is 7.03. The van der Waals surface area contributed by atoms with Crippen molar-refractivity contribution in [3.63, 3.8) is 0 Å². The van der Waals surface area contributed by atoms with Gasteiger partial charge in [-0.1, -0.05) is 36.4 Å². The highest BCUT2D eigenvalue weighted by molar-refractivity contribution is 6.04. The van der Waals surface area contributed by atoms with E-state index in [1.165, 1.54) is 0 Å². The van der Waals surface area contributed by atoms with Gasteiger partial charge in [0, 0.05) is 11.1 Å². The van der Waals surface area contributed by atoms with Crippen LogP contribution in [0.1, 0.15) is 10.6 Å². The molecule has 4 rings (SSSR count). The third-order valence-electron chi connectivity index (χ3n) is 3.81. The first-order valence-electron chi connectivity index (χ1n) is 8.15. The van der Waals surface area contributed by atoms with Crippen LogP contribution in [0.5, 0.6) is 0 Å². The first-order valence-corrected chi connectivity index (χ1v) is 8.15. The molecule has 1 amide bonds. The molecule has 0 aliphatic carbocycles. The average Bonchev–Trinajstić information content (AvgIpc) is 3.13. The number of nitrogens with zero attached hydrogens (tertiary/aromatic N) is 2. The Balaban J connectivity index is 1.45. The molecule has 0 saturated carbocycles. The van der Waals surface area contributed by atoms with Gasteiger partial charge in [-0.05, 0) is 48.5 Å². The molecule has 1 N–H and O–H groups in total. The van der Waals surface area contributed by atoms with E-state index in [4.69, 9.17) is 4.42 Å². The molecule has 4 aromatic rings. The van der Waals surface area contributed by atoms with Crippen LogP contribution in [-0.2, 0) is 0 Å². The molecule has 0 aliphatic rings. The Bertz CT molecular complexity index is 1030. The van der Waals surface area contributed by atoms with Crippen LogP contribution >= 0.6 is 0 Å². The number of fused-ring (bicyclic) bond motifs is 1. The van der Waals surface area contributed by atoms with Crippen molar-refractivity contribution in [3.8, 4) is 0 Å². The van der Waals surface area contributed by atoms with Crippen molar-refractivity contribution >= 4 is 33.9 Å². The highest BCUT2D eigenvalue weighted by Crippen LogP contribution is 2.22. The summed E-state index contributed by atoms with van der Waals surface area (Å²) in [6.45, 7) is 0. The number of hydrogen-bond acceptors (Lipinski definition) is 4. The van der Waals surface area contributed by atoms with Gasteiger partial charge in [0.2, 0.25) is 0 Å². The molecule has 0 saturated heterocycles. The molecular formula is C21H15N3O2. The van der Waals surface area contributed by atoms with Crippen LogP contribution in [-0.4, -0.2) is 5.91 Å². The number of furan rings is 1. The summed E-state index contributed by atoms with van der Waals surface area (Å²) in [6, 6.07) is 25.9. The van der Waals surface area contributed by atoms with E-state index in [0.29, 0.717) is 17.0 Å². The third kappa shape index (κ3) is 3.52. The van der Waals surface area contributed by atoms with Gasteiger partial charge in [0.25, 0.3) is 5.91 Å². The van der Waals surface area contributed by atoms with Gasteiger partial charge in [-0.25, -0.2) is 0 Å². The molecule has 0 atom stereocenters. The Morgan fingerprint density at radius 2 is 1.42 bits per heavy atom. The Kier molecular flexibility index (Phi) is 4.26. The van der Waals surface area contributed by atoms with Crippen LogP contribution in [0.15, 0.2) is 99.6 Å². The maximum atomic E-state index is 12.3.